The Kier molecular flexibility index (Phi) is 5.57. The van der Waals surface area contributed by atoms with Gasteiger partial charge < -0.3 is 9.84 Å². The Hall–Kier alpha value is -1.82. The molecule has 1 N–H and O–H groups in total. The topological polar surface area (TPSA) is 80.7 Å². The molecule has 1 aromatic rings. The summed E-state index contributed by atoms with van der Waals surface area (Å²) >= 11 is 0. The minimum absolute atomic E-state index is 0.0291. The summed E-state index contributed by atoms with van der Waals surface area (Å²) in [7, 11) is -3.04. The second kappa shape index (κ2) is 6.94. The smallest absolute Gasteiger partial charge is 0.328 e. The van der Waals surface area contributed by atoms with Crippen molar-refractivity contribution in [2.45, 2.75) is 6.92 Å². The fraction of sp³-hybridized carbons (Fsp3) is 0.308. The van der Waals surface area contributed by atoms with Crippen molar-refractivity contribution in [3.05, 3.63) is 35.9 Å². The number of aliphatic carboxylic acids is 1. The van der Waals surface area contributed by atoms with Crippen molar-refractivity contribution < 1.29 is 23.1 Å². The molecule has 1 rings (SSSR count). The van der Waals surface area contributed by atoms with Crippen LogP contribution in [0, 0.1) is 0 Å². The Morgan fingerprint density at radius 3 is 2.79 bits per heavy atom. The van der Waals surface area contributed by atoms with E-state index in [0.29, 0.717) is 11.3 Å². The van der Waals surface area contributed by atoms with Crippen molar-refractivity contribution in [3.63, 3.8) is 0 Å². The van der Waals surface area contributed by atoms with Gasteiger partial charge in [-0.25, -0.2) is 13.2 Å². The van der Waals surface area contributed by atoms with Crippen LogP contribution in [-0.4, -0.2) is 37.6 Å². The van der Waals surface area contributed by atoms with E-state index >= 15 is 0 Å². The van der Waals surface area contributed by atoms with E-state index < -0.39 is 15.8 Å². The zero-order valence-corrected chi connectivity index (χ0v) is 11.4. The molecule has 0 heterocycles. The first kappa shape index (κ1) is 15.2. The van der Waals surface area contributed by atoms with Crippen LogP contribution >= 0.6 is 0 Å². The average molecular weight is 284 g/mol. The van der Waals surface area contributed by atoms with E-state index in [1.54, 1.807) is 31.2 Å². The lowest BCUT2D eigenvalue weighted by Crippen LogP contribution is -2.15. The summed E-state index contributed by atoms with van der Waals surface area (Å²) in [5, 5.41) is 8.52. The molecule has 0 bridgehead atoms. The summed E-state index contributed by atoms with van der Waals surface area (Å²) in [6, 6.07) is 6.79. The molecule has 0 amide bonds. The van der Waals surface area contributed by atoms with Crippen LogP contribution in [0.3, 0.4) is 0 Å². The fourth-order valence-corrected chi connectivity index (χ4v) is 1.93. The highest BCUT2D eigenvalue weighted by molar-refractivity contribution is 7.91. The maximum absolute atomic E-state index is 11.3. The third kappa shape index (κ3) is 6.05. The number of carboxylic acid groups (broad SMARTS) is 1. The molecule has 1 aromatic carbocycles. The van der Waals surface area contributed by atoms with Crippen LogP contribution in [0.5, 0.6) is 5.75 Å². The average Bonchev–Trinajstić information content (AvgIpc) is 2.37. The van der Waals surface area contributed by atoms with Gasteiger partial charge in [0.05, 0.1) is 5.75 Å². The SMILES string of the molecule is CCS(=O)(=O)CCOc1cccc(/C=C/C(=O)O)c1. The highest BCUT2D eigenvalue weighted by Crippen LogP contribution is 2.14. The molecule has 0 aliphatic heterocycles. The summed E-state index contributed by atoms with van der Waals surface area (Å²) in [6.07, 6.45) is 2.47. The summed E-state index contributed by atoms with van der Waals surface area (Å²) < 4.78 is 27.9. The quantitative estimate of drug-likeness (QED) is 0.769. The van der Waals surface area contributed by atoms with Gasteiger partial charge in [0, 0.05) is 11.8 Å². The van der Waals surface area contributed by atoms with Gasteiger partial charge in [0.25, 0.3) is 0 Å². The molecule has 0 spiro atoms. The van der Waals surface area contributed by atoms with Crippen LogP contribution in [0.1, 0.15) is 12.5 Å². The largest absolute Gasteiger partial charge is 0.493 e. The molecule has 0 aliphatic rings. The Morgan fingerprint density at radius 1 is 1.42 bits per heavy atom. The normalized spacial score (nSPS) is 11.6. The van der Waals surface area contributed by atoms with Crippen LogP contribution < -0.4 is 4.74 Å². The number of ether oxygens (including phenoxy) is 1. The minimum atomic E-state index is -3.04. The van der Waals surface area contributed by atoms with Crippen molar-refractivity contribution in [3.8, 4) is 5.75 Å². The monoisotopic (exact) mass is 284 g/mol. The van der Waals surface area contributed by atoms with Crippen molar-refractivity contribution >= 4 is 21.9 Å². The molecule has 0 aromatic heterocycles. The van der Waals surface area contributed by atoms with E-state index in [9.17, 15) is 13.2 Å². The maximum atomic E-state index is 11.3. The molecule has 0 fully saturated rings. The van der Waals surface area contributed by atoms with Crippen molar-refractivity contribution in [1.29, 1.82) is 0 Å². The highest BCUT2D eigenvalue weighted by Gasteiger charge is 2.07. The molecule has 0 saturated carbocycles. The van der Waals surface area contributed by atoms with Gasteiger partial charge in [-0.15, -0.1) is 0 Å². The predicted octanol–water partition coefficient (Wildman–Crippen LogP) is 1.60. The number of hydrogen-bond donors (Lipinski definition) is 1. The molecule has 0 saturated heterocycles. The first-order valence-corrected chi connectivity index (χ1v) is 7.59. The van der Waals surface area contributed by atoms with Gasteiger partial charge >= 0.3 is 5.97 Å². The standard InChI is InChI=1S/C13H16O5S/c1-2-19(16,17)9-8-18-12-5-3-4-11(10-12)6-7-13(14)15/h3-7,10H,2,8-9H2,1H3,(H,14,15)/b7-6+. The van der Waals surface area contributed by atoms with Gasteiger partial charge in [-0.3, -0.25) is 0 Å². The van der Waals surface area contributed by atoms with Gasteiger partial charge in [-0.1, -0.05) is 19.1 Å². The minimum Gasteiger partial charge on any atom is -0.493 e. The van der Waals surface area contributed by atoms with Gasteiger partial charge in [0.2, 0.25) is 0 Å². The first-order valence-electron chi connectivity index (χ1n) is 5.77. The molecule has 0 atom stereocenters. The summed E-state index contributed by atoms with van der Waals surface area (Å²) in [5.41, 5.74) is 0.679. The first-order chi connectivity index (χ1) is 8.93. The molecular weight excluding hydrogens is 268 g/mol. The predicted molar refractivity (Wildman–Crippen MR) is 72.9 cm³/mol. The number of hydrogen-bond acceptors (Lipinski definition) is 4. The molecule has 5 nitrogen and oxygen atoms in total. The summed E-state index contributed by atoms with van der Waals surface area (Å²) in [6.45, 7) is 1.68. The molecule has 0 radical (unpaired) electrons. The Labute approximate surface area is 112 Å². The number of carbonyl (C=O) groups is 1. The van der Waals surface area contributed by atoms with Crippen LogP contribution in [0.2, 0.25) is 0 Å². The van der Waals surface area contributed by atoms with Gasteiger partial charge in [-0.2, -0.15) is 0 Å². The van der Waals surface area contributed by atoms with E-state index in [1.807, 2.05) is 0 Å². The Balaban J connectivity index is 2.60. The molecule has 6 heteroatoms. The van der Waals surface area contributed by atoms with E-state index in [4.69, 9.17) is 9.84 Å². The van der Waals surface area contributed by atoms with Crippen LogP contribution in [0.4, 0.5) is 0 Å². The number of carboxylic acids is 1. The van der Waals surface area contributed by atoms with Gasteiger partial charge in [0.1, 0.15) is 12.4 Å². The lowest BCUT2D eigenvalue weighted by Gasteiger charge is -2.06. The summed E-state index contributed by atoms with van der Waals surface area (Å²) in [4.78, 5) is 10.4. The maximum Gasteiger partial charge on any atom is 0.328 e. The lowest BCUT2D eigenvalue weighted by atomic mass is 10.2. The third-order valence-corrected chi connectivity index (χ3v) is 4.05. The van der Waals surface area contributed by atoms with Gasteiger partial charge in [0.15, 0.2) is 9.84 Å². The lowest BCUT2D eigenvalue weighted by molar-refractivity contribution is -0.131. The van der Waals surface area contributed by atoms with Crippen LogP contribution in [0.15, 0.2) is 30.3 Å². The van der Waals surface area contributed by atoms with Crippen LogP contribution in [-0.2, 0) is 14.6 Å². The molecule has 19 heavy (non-hydrogen) atoms. The second-order valence-electron chi connectivity index (χ2n) is 3.83. The van der Waals surface area contributed by atoms with Crippen molar-refractivity contribution in [2.24, 2.45) is 0 Å². The zero-order valence-electron chi connectivity index (χ0n) is 10.6. The van der Waals surface area contributed by atoms with Gasteiger partial charge in [-0.05, 0) is 23.8 Å². The Morgan fingerprint density at radius 2 is 2.16 bits per heavy atom. The molecule has 0 unspecified atom stereocenters. The van der Waals surface area contributed by atoms with E-state index in [2.05, 4.69) is 0 Å². The summed E-state index contributed by atoms with van der Waals surface area (Å²) in [5.74, 6) is -0.449. The van der Waals surface area contributed by atoms with E-state index in [0.717, 1.165) is 6.08 Å². The Bertz CT molecular complexity index is 560. The number of sulfone groups is 1. The third-order valence-electron chi connectivity index (χ3n) is 2.38. The number of benzene rings is 1. The van der Waals surface area contributed by atoms with Crippen molar-refractivity contribution in [1.82, 2.24) is 0 Å². The van der Waals surface area contributed by atoms with E-state index in [1.165, 1.54) is 6.08 Å². The van der Waals surface area contributed by atoms with Crippen LogP contribution in [0.25, 0.3) is 6.08 Å². The molecular formula is C13H16O5S. The molecule has 0 aliphatic carbocycles. The highest BCUT2D eigenvalue weighted by atomic mass is 32.2. The zero-order chi connectivity index (χ0) is 14.3. The van der Waals surface area contributed by atoms with Crippen molar-refractivity contribution in [2.75, 3.05) is 18.1 Å². The van der Waals surface area contributed by atoms with E-state index in [-0.39, 0.29) is 18.1 Å². The number of rotatable bonds is 7. The second-order valence-corrected chi connectivity index (χ2v) is 6.30. The molecule has 104 valence electrons. The fourth-order valence-electron chi connectivity index (χ4n) is 1.31.